The van der Waals surface area contributed by atoms with E-state index in [1.807, 2.05) is 0 Å². The van der Waals surface area contributed by atoms with Gasteiger partial charge in [0.15, 0.2) is 5.03 Å². The number of amides is 2. The highest BCUT2D eigenvalue weighted by Gasteiger charge is 2.18. The number of para-hydroxylation sites is 1. The van der Waals surface area contributed by atoms with E-state index in [1.54, 1.807) is 35.8 Å². The van der Waals surface area contributed by atoms with Crippen LogP contribution < -0.4 is 16.1 Å². The molecular weight excluding hydrogens is 212 g/mol. The summed E-state index contributed by atoms with van der Waals surface area (Å²) in [7, 11) is 0. The fourth-order valence-electron chi connectivity index (χ4n) is 1.22. The maximum atomic E-state index is 11.5. The van der Waals surface area contributed by atoms with Crippen molar-refractivity contribution < 1.29 is 9.83 Å². The molecule has 0 aliphatic carbocycles. The molecule has 0 bridgehead atoms. The summed E-state index contributed by atoms with van der Waals surface area (Å²) in [4.78, 5) is 22.8. The number of anilines is 1. The Morgan fingerprint density at radius 2 is 2.06 bits per heavy atom. The number of hydrogen-bond acceptors (Lipinski definition) is 4. The first-order valence-electron chi connectivity index (χ1n) is 4.63. The number of benzene rings is 1. The monoisotopic (exact) mass is 224 g/mol. The summed E-state index contributed by atoms with van der Waals surface area (Å²) in [6, 6.07) is 7.80. The Kier molecular flexibility index (Phi) is 4.22. The predicted octanol–water partition coefficient (Wildman–Crippen LogP) is 0.353. The molecule has 3 N–H and O–H groups in total. The molecule has 0 spiro atoms. The van der Waals surface area contributed by atoms with E-state index in [4.69, 9.17) is 5.73 Å². The highest BCUT2D eigenvalue weighted by atomic mass is 16.7. The zero-order valence-electron chi connectivity index (χ0n) is 8.50. The van der Waals surface area contributed by atoms with Gasteiger partial charge in [0.05, 0.1) is 0 Å². The molecule has 1 aromatic carbocycles. The first kappa shape index (κ1) is 11.9. The molecule has 2 amide bonds. The van der Waals surface area contributed by atoms with E-state index in [1.165, 1.54) is 4.90 Å². The van der Waals surface area contributed by atoms with Crippen LogP contribution in [0.2, 0.25) is 0 Å². The van der Waals surface area contributed by atoms with E-state index in [0.717, 1.165) is 0 Å². The van der Waals surface area contributed by atoms with Crippen molar-refractivity contribution in [1.82, 2.24) is 5.43 Å². The minimum absolute atomic E-state index is 0.212. The van der Waals surface area contributed by atoms with Gasteiger partial charge in [0.2, 0.25) is 0 Å². The summed E-state index contributed by atoms with van der Waals surface area (Å²) in [5.41, 5.74) is 7.49. The minimum Gasteiger partial charge on any atom is -0.329 e. The van der Waals surface area contributed by atoms with Crippen LogP contribution in [-0.2, 0) is 0 Å². The number of hydrogen-bond donors (Lipinski definition) is 2. The summed E-state index contributed by atoms with van der Waals surface area (Å²) in [5.74, 6) is 0. The summed E-state index contributed by atoms with van der Waals surface area (Å²) in [6.07, 6.45) is 0. The molecule has 1 rings (SSSR count). The van der Waals surface area contributed by atoms with Gasteiger partial charge in [-0.15, -0.1) is 0 Å². The second kappa shape index (κ2) is 5.66. The molecule has 0 aliphatic heterocycles. The largest absolute Gasteiger partial charge is 0.379 e. The number of urea groups is 1. The summed E-state index contributed by atoms with van der Waals surface area (Å²) >= 11 is 0. The first-order chi connectivity index (χ1) is 7.65. The Morgan fingerprint density at radius 1 is 1.44 bits per heavy atom. The van der Waals surface area contributed by atoms with Crippen molar-refractivity contribution in [3.05, 3.63) is 40.4 Å². The lowest BCUT2D eigenvalue weighted by atomic mass is 10.3. The topological polar surface area (TPSA) is 102 Å². The zero-order chi connectivity index (χ0) is 12.0. The van der Waals surface area contributed by atoms with E-state index in [9.17, 15) is 14.9 Å². The normalized spacial score (nSPS) is 9.56. The molecule has 1 aromatic rings. The maximum absolute atomic E-state index is 11.5. The fraction of sp³-hybridized carbons (Fsp3) is 0.222. The molecule has 86 valence electrons. The number of carbonyl (C=O) groups excluding carboxylic acids is 1. The molecule has 7 heteroatoms. The second-order valence-corrected chi connectivity index (χ2v) is 2.95. The Morgan fingerprint density at radius 3 is 2.56 bits per heavy atom. The predicted molar refractivity (Wildman–Crippen MR) is 58.4 cm³/mol. The Bertz CT molecular complexity index is 368. The third kappa shape index (κ3) is 3.21. The van der Waals surface area contributed by atoms with Crippen molar-refractivity contribution >= 4 is 11.7 Å². The van der Waals surface area contributed by atoms with E-state index < -0.39 is 11.1 Å². The molecule has 0 heterocycles. The molecule has 0 aromatic heterocycles. The molecule has 0 aliphatic rings. The standard InChI is InChI=1S/C9H12N4O3/c10-6-7-12(9(14)11-13(15)16)8-4-2-1-3-5-8/h1-5H,6-7,10H2,(H,11,14). The van der Waals surface area contributed by atoms with Gasteiger partial charge in [-0.1, -0.05) is 18.2 Å². The van der Waals surface area contributed by atoms with Gasteiger partial charge in [0.1, 0.15) is 0 Å². The number of nitro groups is 1. The van der Waals surface area contributed by atoms with Crippen molar-refractivity contribution in [2.24, 2.45) is 5.73 Å². The maximum Gasteiger partial charge on any atom is 0.379 e. The minimum atomic E-state index is -0.894. The summed E-state index contributed by atoms with van der Waals surface area (Å²) in [6.45, 7) is 0.434. The van der Waals surface area contributed by atoms with Gasteiger partial charge in [0, 0.05) is 18.8 Å². The van der Waals surface area contributed by atoms with Crippen molar-refractivity contribution in [1.29, 1.82) is 0 Å². The van der Waals surface area contributed by atoms with Crippen LogP contribution >= 0.6 is 0 Å². The first-order valence-corrected chi connectivity index (χ1v) is 4.63. The van der Waals surface area contributed by atoms with Crippen molar-refractivity contribution in [3.63, 3.8) is 0 Å². The SMILES string of the molecule is NCCN(C(=O)N[N+](=O)[O-])c1ccccc1. The second-order valence-electron chi connectivity index (χ2n) is 2.95. The average Bonchev–Trinajstić information content (AvgIpc) is 2.26. The quantitative estimate of drug-likeness (QED) is 0.569. The number of rotatable bonds is 4. The third-order valence-electron chi connectivity index (χ3n) is 1.85. The van der Waals surface area contributed by atoms with Crippen molar-refractivity contribution in [2.75, 3.05) is 18.0 Å². The number of carbonyl (C=O) groups is 1. The number of nitrogens with two attached hydrogens (primary N) is 1. The molecule has 16 heavy (non-hydrogen) atoms. The fourth-order valence-corrected chi connectivity index (χ4v) is 1.22. The van der Waals surface area contributed by atoms with E-state index in [0.29, 0.717) is 5.69 Å². The number of nitrogens with one attached hydrogen (secondary N) is 1. The van der Waals surface area contributed by atoms with Crippen LogP contribution in [0.3, 0.4) is 0 Å². The lowest BCUT2D eigenvalue weighted by Crippen LogP contribution is -2.44. The van der Waals surface area contributed by atoms with Gasteiger partial charge in [-0.25, -0.2) is 14.9 Å². The van der Waals surface area contributed by atoms with Gasteiger partial charge < -0.3 is 5.73 Å². The molecule has 0 unspecified atom stereocenters. The average molecular weight is 224 g/mol. The zero-order valence-corrected chi connectivity index (χ0v) is 8.50. The van der Waals surface area contributed by atoms with Crippen LogP contribution in [0.1, 0.15) is 0 Å². The molecule has 0 saturated heterocycles. The van der Waals surface area contributed by atoms with Crippen LogP contribution in [0.4, 0.5) is 10.5 Å². The van der Waals surface area contributed by atoms with Crippen LogP contribution in [0.15, 0.2) is 30.3 Å². The molecule has 0 saturated carbocycles. The van der Waals surface area contributed by atoms with Crippen LogP contribution in [-0.4, -0.2) is 24.2 Å². The van der Waals surface area contributed by atoms with E-state index in [2.05, 4.69) is 0 Å². The molecular formula is C9H12N4O3. The van der Waals surface area contributed by atoms with Crippen molar-refractivity contribution in [2.45, 2.75) is 0 Å². The van der Waals surface area contributed by atoms with E-state index >= 15 is 0 Å². The lowest BCUT2D eigenvalue weighted by molar-refractivity contribution is -0.527. The van der Waals surface area contributed by atoms with Crippen LogP contribution in [0, 0.1) is 10.1 Å². The van der Waals surface area contributed by atoms with Gasteiger partial charge in [-0.05, 0) is 17.6 Å². The molecule has 7 nitrogen and oxygen atoms in total. The lowest BCUT2D eigenvalue weighted by Gasteiger charge is -2.19. The molecule has 0 fully saturated rings. The molecule has 0 radical (unpaired) electrons. The Balaban J connectivity index is 2.82. The van der Waals surface area contributed by atoms with Crippen LogP contribution in [0.5, 0.6) is 0 Å². The highest BCUT2D eigenvalue weighted by Crippen LogP contribution is 2.12. The number of hydrazine groups is 1. The smallest absolute Gasteiger partial charge is 0.329 e. The molecule has 0 atom stereocenters. The Labute approximate surface area is 92.0 Å². The van der Waals surface area contributed by atoms with Crippen LogP contribution in [0.25, 0.3) is 0 Å². The number of nitrogens with zero attached hydrogens (tertiary/aromatic N) is 2. The third-order valence-corrected chi connectivity index (χ3v) is 1.85. The Hall–Kier alpha value is -2.15. The van der Waals surface area contributed by atoms with Gasteiger partial charge in [-0.3, -0.25) is 4.90 Å². The summed E-state index contributed by atoms with van der Waals surface area (Å²) < 4.78 is 0. The highest BCUT2D eigenvalue weighted by molar-refractivity contribution is 5.91. The van der Waals surface area contributed by atoms with E-state index in [-0.39, 0.29) is 13.1 Å². The summed E-state index contributed by atoms with van der Waals surface area (Å²) in [5, 5.41) is 9.27. The van der Waals surface area contributed by atoms with Crippen molar-refractivity contribution in [3.8, 4) is 0 Å². The van der Waals surface area contributed by atoms with Gasteiger partial charge in [-0.2, -0.15) is 0 Å². The van der Waals surface area contributed by atoms with Gasteiger partial charge >= 0.3 is 6.03 Å². The van der Waals surface area contributed by atoms with Gasteiger partial charge in [0.25, 0.3) is 0 Å².